The van der Waals surface area contributed by atoms with Crippen LogP contribution in [0.3, 0.4) is 0 Å². The first kappa shape index (κ1) is 11.4. The van der Waals surface area contributed by atoms with Gasteiger partial charge in [-0.1, -0.05) is 5.16 Å². The van der Waals surface area contributed by atoms with Crippen molar-refractivity contribution in [3.05, 3.63) is 12.2 Å². The van der Waals surface area contributed by atoms with Gasteiger partial charge in [0.15, 0.2) is 5.82 Å². The highest BCUT2D eigenvalue weighted by Crippen LogP contribution is 2.22. The van der Waals surface area contributed by atoms with Crippen molar-refractivity contribution in [1.29, 1.82) is 0 Å². The molecular formula is C6H5F4N3O2. The van der Waals surface area contributed by atoms with E-state index in [0.29, 0.717) is 0 Å². The molecule has 5 nitrogen and oxygen atoms in total. The number of halogens is 4. The molecule has 1 heterocycles. The third-order valence-electron chi connectivity index (χ3n) is 1.39. The average molecular weight is 227 g/mol. The lowest BCUT2D eigenvalue weighted by Crippen LogP contribution is -2.44. The number of carbonyl (C=O) groups excluding carboxylic acids is 1. The summed E-state index contributed by atoms with van der Waals surface area (Å²) in [5, 5.41) is 4.73. The van der Waals surface area contributed by atoms with E-state index in [1.54, 1.807) is 5.32 Å². The van der Waals surface area contributed by atoms with Gasteiger partial charge in [0.2, 0.25) is 6.39 Å². The van der Waals surface area contributed by atoms with Crippen LogP contribution in [0.25, 0.3) is 0 Å². The lowest BCUT2D eigenvalue weighted by atomic mass is 10.3. The molecule has 0 radical (unpaired) electrons. The van der Waals surface area contributed by atoms with Crippen molar-refractivity contribution in [1.82, 2.24) is 15.5 Å². The molecule has 0 aliphatic heterocycles. The van der Waals surface area contributed by atoms with Crippen LogP contribution in [-0.2, 0) is 11.3 Å². The van der Waals surface area contributed by atoms with Crippen molar-refractivity contribution >= 4 is 5.91 Å². The highest BCUT2D eigenvalue weighted by atomic mass is 19.3. The Morgan fingerprint density at radius 3 is 2.73 bits per heavy atom. The summed E-state index contributed by atoms with van der Waals surface area (Å²) >= 11 is 0. The molecule has 1 N–H and O–H groups in total. The third-order valence-corrected chi connectivity index (χ3v) is 1.39. The van der Waals surface area contributed by atoms with Gasteiger partial charge in [-0.2, -0.15) is 13.8 Å². The van der Waals surface area contributed by atoms with Crippen LogP contribution in [-0.4, -0.2) is 28.4 Å². The highest BCUT2D eigenvalue weighted by Gasteiger charge is 2.48. The Hall–Kier alpha value is -1.67. The number of nitrogens with one attached hydrogen (secondary N) is 1. The first-order valence-corrected chi connectivity index (χ1v) is 3.64. The molecule has 0 saturated heterocycles. The van der Waals surface area contributed by atoms with Gasteiger partial charge in [0.1, 0.15) is 0 Å². The molecule has 84 valence electrons. The molecule has 0 unspecified atom stereocenters. The van der Waals surface area contributed by atoms with Crippen LogP contribution in [0.15, 0.2) is 10.9 Å². The first-order chi connectivity index (χ1) is 6.94. The Balaban J connectivity index is 2.49. The summed E-state index contributed by atoms with van der Waals surface area (Å²) in [6.45, 7) is -0.502. The summed E-state index contributed by atoms with van der Waals surface area (Å²) in [4.78, 5) is 14.0. The predicted octanol–water partition coefficient (Wildman–Crippen LogP) is 0.586. The van der Waals surface area contributed by atoms with Crippen molar-refractivity contribution in [3.8, 4) is 0 Å². The van der Waals surface area contributed by atoms with E-state index in [-0.39, 0.29) is 5.82 Å². The van der Waals surface area contributed by atoms with Crippen LogP contribution < -0.4 is 5.32 Å². The van der Waals surface area contributed by atoms with Gasteiger partial charge in [0.25, 0.3) is 5.91 Å². The van der Waals surface area contributed by atoms with Crippen LogP contribution in [0, 0.1) is 0 Å². The van der Waals surface area contributed by atoms with Crippen LogP contribution in [0.4, 0.5) is 17.6 Å². The number of nitrogens with zero attached hydrogens (tertiary/aromatic N) is 2. The summed E-state index contributed by atoms with van der Waals surface area (Å²) < 4.78 is 52.3. The van der Waals surface area contributed by atoms with Crippen molar-refractivity contribution in [2.45, 2.75) is 18.9 Å². The van der Waals surface area contributed by atoms with E-state index in [2.05, 4.69) is 14.7 Å². The molecule has 1 aromatic heterocycles. The second kappa shape index (κ2) is 4.24. The van der Waals surface area contributed by atoms with Gasteiger partial charge in [0, 0.05) is 0 Å². The Morgan fingerprint density at radius 2 is 2.27 bits per heavy atom. The lowest BCUT2D eigenvalue weighted by molar-refractivity contribution is -0.169. The SMILES string of the molecule is O=C(NCc1ncon1)C(F)(F)C(F)F. The largest absolute Gasteiger partial charge is 0.383 e. The molecule has 1 rings (SSSR count). The van der Waals surface area contributed by atoms with Crippen LogP contribution >= 0.6 is 0 Å². The van der Waals surface area contributed by atoms with E-state index in [4.69, 9.17) is 0 Å². The Morgan fingerprint density at radius 1 is 1.60 bits per heavy atom. The summed E-state index contributed by atoms with van der Waals surface area (Å²) in [7, 11) is 0. The number of hydrogen-bond acceptors (Lipinski definition) is 4. The van der Waals surface area contributed by atoms with Crippen molar-refractivity contribution in [2.24, 2.45) is 0 Å². The van der Waals surface area contributed by atoms with Gasteiger partial charge >= 0.3 is 12.3 Å². The maximum absolute atomic E-state index is 12.3. The fourth-order valence-corrected chi connectivity index (χ4v) is 0.647. The van der Waals surface area contributed by atoms with Crippen LogP contribution in [0.2, 0.25) is 0 Å². The van der Waals surface area contributed by atoms with Crippen molar-refractivity contribution in [2.75, 3.05) is 0 Å². The van der Waals surface area contributed by atoms with Gasteiger partial charge in [0.05, 0.1) is 6.54 Å². The standard InChI is InChI=1S/C6H5F4N3O2/c7-4(8)6(9,10)5(14)11-1-3-12-2-15-13-3/h2,4H,1H2,(H,11,14). The number of amides is 1. The first-order valence-electron chi connectivity index (χ1n) is 3.64. The molecule has 0 saturated carbocycles. The number of carbonyl (C=O) groups is 1. The molecule has 1 aromatic rings. The van der Waals surface area contributed by atoms with E-state index >= 15 is 0 Å². The fraction of sp³-hybridized carbons (Fsp3) is 0.500. The average Bonchev–Trinajstić information content (AvgIpc) is 2.66. The van der Waals surface area contributed by atoms with Gasteiger partial charge in [-0.15, -0.1) is 0 Å². The van der Waals surface area contributed by atoms with Crippen LogP contribution in [0.5, 0.6) is 0 Å². The zero-order valence-electron chi connectivity index (χ0n) is 7.08. The molecule has 1 amide bonds. The monoisotopic (exact) mass is 227 g/mol. The second-order valence-electron chi connectivity index (χ2n) is 2.45. The molecule has 0 aromatic carbocycles. The summed E-state index contributed by atoms with van der Waals surface area (Å²) in [6.07, 6.45) is -3.14. The molecular weight excluding hydrogens is 222 g/mol. The number of alkyl halides is 4. The summed E-state index contributed by atoms with van der Waals surface area (Å²) in [6, 6.07) is 0. The van der Waals surface area contributed by atoms with Crippen LogP contribution in [0.1, 0.15) is 5.82 Å². The molecule has 0 fully saturated rings. The molecule has 0 spiro atoms. The minimum atomic E-state index is -4.72. The van der Waals surface area contributed by atoms with E-state index in [0.717, 1.165) is 6.39 Å². The minimum absolute atomic E-state index is 0.0894. The Labute approximate surface area is 80.4 Å². The maximum atomic E-state index is 12.3. The predicted molar refractivity (Wildman–Crippen MR) is 37.1 cm³/mol. The molecule has 9 heteroatoms. The third kappa shape index (κ3) is 2.64. The number of aromatic nitrogens is 2. The molecule has 0 atom stereocenters. The summed E-state index contributed by atoms with van der Waals surface area (Å²) in [5.41, 5.74) is 0. The van der Waals surface area contributed by atoms with Gasteiger partial charge in [-0.3, -0.25) is 4.79 Å². The normalized spacial score (nSPS) is 11.8. The van der Waals surface area contributed by atoms with Gasteiger partial charge < -0.3 is 9.84 Å². The fourth-order valence-electron chi connectivity index (χ4n) is 0.647. The number of hydrogen-bond donors (Lipinski definition) is 1. The smallest absolute Gasteiger partial charge is 0.343 e. The minimum Gasteiger partial charge on any atom is -0.343 e. The van der Waals surface area contributed by atoms with E-state index in [9.17, 15) is 22.4 Å². The topological polar surface area (TPSA) is 68.0 Å². The van der Waals surface area contributed by atoms with Gasteiger partial charge in [-0.05, 0) is 0 Å². The summed E-state index contributed by atoms with van der Waals surface area (Å²) in [5.74, 6) is -6.89. The molecule has 0 aliphatic carbocycles. The Kier molecular flexibility index (Phi) is 3.22. The van der Waals surface area contributed by atoms with E-state index < -0.39 is 24.8 Å². The maximum Gasteiger partial charge on any atom is 0.383 e. The van der Waals surface area contributed by atoms with Crippen molar-refractivity contribution in [3.63, 3.8) is 0 Å². The molecule has 0 bridgehead atoms. The van der Waals surface area contributed by atoms with E-state index in [1.807, 2.05) is 0 Å². The zero-order chi connectivity index (χ0) is 11.5. The second-order valence-corrected chi connectivity index (χ2v) is 2.45. The Bertz CT molecular complexity index is 327. The highest BCUT2D eigenvalue weighted by molar-refractivity contribution is 5.83. The van der Waals surface area contributed by atoms with Gasteiger partial charge in [-0.25, -0.2) is 8.78 Å². The molecule has 15 heavy (non-hydrogen) atoms. The lowest BCUT2D eigenvalue weighted by Gasteiger charge is -2.13. The quantitative estimate of drug-likeness (QED) is 0.764. The zero-order valence-corrected chi connectivity index (χ0v) is 7.08. The number of rotatable bonds is 4. The van der Waals surface area contributed by atoms with Crippen molar-refractivity contribution < 1.29 is 26.9 Å². The van der Waals surface area contributed by atoms with E-state index in [1.165, 1.54) is 0 Å². The molecule has 0 aliphatic rings.